The minimum absolute atomic E-state index is 0.201. The van der Waals surface area contributed by atoms with E-state index >= 15 is 0 Å². The van der Waals surface area contributed by atoms with Gasteiger partial charge in [0.1, 0.15) is 5.82 Å². The van der Waals surface area contributed by atoms with Gasteiger partial charge in [-0.05, 0) is 75.0 Å². The first kappa shape index (κ1) is 14.3. The highest BCUT2D eigenvalue weighted by molar-refractivity contribution is 6.31. The van der Waals surface area contributed by atoms with E-state index in [9.17, 15) is 4.39 Å². The molecule has 1 aliphatic carbocycles. The molecule has 2 aliphatic rings. The molecule has 1 heterocycles. The summed E-state index contributed by atoms with van der Waals surface area (Å²) in [6, 6.07) is 5.43. The van der Waals surface area contributed by atoms with E-state index in [0.29, 0.717) is 5.02 Å². The Hall–Kier alpha value is -0.640. The number of benzene rings is 1. The normalized spacial score (nSPS) is 21.3. The van der Waals surface area contributed by atoms with Gasteiger partial charge in [0, 0.05) is 17.6 Å². The van der Waals surface area contributed by atoms with Gasteiger partial charge in [-0.15, -0.1) is 0 Å². The molecule has 1 aromatic rings. The second-order valence-corrected chi connectivity index (χ2v) is 6.54. The smallest absolute Gasteiger partial charge is 0.123 e. The van der Waals surface area contributed by atoms with Crippen LogP contribution < -0.4 is 5.32 Å². The molecule has 110 valence electrons. The van der Waals surface area contributed by atoms with E-state index in [1.54, 1.807) is 12.1 Å². The van der Waals surface area contributed by atoms with Gasteiger partial charge >= 0.3 is 0 Å². The number of likely N-dealkylation sites (tertiary alicyclic amines) is 1. The Morgan fingerprint density at radius 2 is 1.95 bits per heavy atom. The van der Waals surface area contributed by atoms with Gasteiger partial charge in [0.15, 0.2) is 0 Å². The van der Waals surface area contributed by atoms with Crippen LogP contribution >= 0.6 is 11.6 Å². The highest BCUT2D eigenvalue weighted by Gasteiger charge is 2.24. The lowest BCUT2D eigenvalue weighted by Crippen LogP contribution is -2.37. The average Bonchev–Trinajstić information content (AvgIpc) is 3.26. The van der Waals surface area contributed by atoms with Gasteiger partial charge < -0.3 is 5.32 Å². The molecule has 3 rings (SSSR count). The Bertz CT molecular complexity index is 454. The van der Waals surface area contributed by atoms with Crippen molar-refractivity contribution < 1.29 is 4.39 Å². The molecule has 20 heavy (non-hydrogen) atoms. The van der Waals surface area contributed by atoms with Crippen LogP contribution in [0.1, 0.15) is 31.2 Å². The maximum absolute atomic E-state index is 13.3. The zero-order chi connectivity index (χ0) is 13.9. The standard InChI is InChI=1S/C16H22ClFN2/c17-16-4-1-14(18)9-13(16)11-20-7-5-12(6-8-20)10-19-15-2-3-15/h1,4,9,12,15,19H,2-3,5-8,10-11H2. The summed E-state index contributed by atoms with van der Waals surface area (Å²) in [6.07, 6.45) is 5.17. The van der Waals surface area contributed by atoms with Crippen molar-refractivity contribution in [3.63, 3.8) is 0 Å². The molecular formula is C16H22ClFN2. The van der Waals surface area contributed by atoms with E-state index in [0.717, 1.165) is 37.2 Å². The maximum atomic E-state index is 13.3. The first-order valence-corrected chi connectivity index (χ1v) is 7.98. The Morgan fingerprint density at radius 1 is 1.20 bits per heavy atom. The van der Waals surface area contributed by atoms with Crippen molar-refractivity contribution in [3.05, 3.63) is 34.6 Å². The van der Waals surface area contributed by atoms with Crippen molar-refractivity contribution in [1.29, 1.82) is 0 Å². The Morgan fingerprint density at radius 3 is 2.65 bits per heavy atom. The predicted octanol–water partition coefficient (Wildman–Crippen LogP) is 3.44. The fraction of sp³-hybridized carbons (Fsp3) is 0.625. The summed E-state index contributed by atoms with van der Waals surface area (Å²) in [6.45, 7) is 4.10. The number of nitrogens with one attached hydrogen (secondary N) is 1. The molecule has 2 nitrogen and oxygen atoms in total. The molecule has 0 spiro atoms. The quantitative estimate of drug-likeness (QED) is 0.895. The molecule has 0 bridgehead atoms. The summed E-state index contributed by atoms with van der Waals surface area (Å²) in [5, 5.41) is 4.29. The van der Waals surface area contributed by atoms with Crippen LogP contribution in [0.2, 0.25) is 5.02 Å². The molecule has 4 heteroatoms. The van der Waals surface area contributed by atoms with Crippen molar-refractivity contribution in [2.45, 2.75) is 38.3 Å². The van der Waals surface area contributed by atoms with Crippen molar-refractivity contribution in [2.24, 2.45) is 5.92 Å². The molecule has 1 aliphatic heterocycles. The molecule has 1 N–H and O–H groups in total. The highest BCUT2D eigenvalue weighted by atomic mass is 35.5. The summed E-state index contributed by atoms with van der Waals surface area (Å²) in [5.74, 6) is 0.600. The van der Waals surface area contributed by atoms with Crippen LogP contribution in [-0.2, 0) is 6.54 Å². The first-order chi connectivity index (χ1) is 9.70. The minimum Gasteiger partial charge on any atom is -0.314 e. The largest absolute Gasteiger partial charge is 0.314 e. The van der Waals surface area contributed by atoms with Crippen LogP contribution in [0.4, 0.5) is 4.39 Å². The van der Waals surface area contributed by atoms with E-state index in [1.807, 2.05) is 0 Å². The zero-order valence-electron chi connectivity index (χ0n) is 11.7. The SMILES string of the molecule is Fc1ccc(Cl)c(CN2CCC(CNC3CC3)CC2)c1. The zero-order valence-corrected chi connectivity index (χ0v) is 12.5. The lowest BCUT2D eigenvalue weighted by atomic mass is 9.96. The predicted molar refractivity (Wildman–Crippen MR) is 80.4 cm³/mol. The van der Waals surface area contributed by atoms with E-state index in [1.165, 1.54) is 38.3 Å². The minimum atomic E-state index is -0.201. The van der Waals surface area contributed by atoms with Crippen LogP contribution in [0.5, 0.6) is 0 Å². The van der Waals surface area contributed by atoms with Crippen LogP contribution in [0, 0.1) is 11.7 Å². The summed E-state index contributed by atoms with van der Waals surface area (Å²) >= 11 is 6.13. The lowest BCUT2D eigenvalue weighted by Gasteiger charge is -2.32. The molecule has 1 saturated heterocycles. The van der Waals surface area contributed by atoms with Gasteiger partial charge in [-0.3, -0.25) is 4.90 Å². The molecular weight excluding hydrogens is 275 g/mol. The number of hydrogen-bond donors (Lipinski definition) is 1. The Labute approximate surface area is 125 Å². The third-order valence-corrected chi connectivity index (χ3v) is 4.75. The van der Waals surface area contributed by atoms with Gasteiger partial charge in [0.05, 0.1) is 0 Å². The van der Waals surface area contributed by atoms with Gasteiger partial charge in [0.25, 0.3) is 0 Å². The van der Waals surface area contributed by atoms with Crippen LogP contribution in [0.25, 0.3) is 0 Å². The summed E-state index contributed by atoms with van der Waals surface area (Å²) in [7, 11) is 0. The topological polar surface area (TPSA) is 15.3 Å². The highest BCUT2D eigenvalue weighted by Crippen LogP contribution is 2.24. The van der Waals surface area contributed by atoms with Crippen LogP contribution in [0.15, 0.2) is 18.2 Å². The monoisotopic (exact) mass is 296 g/mol. The summed E-state index contributed by atoms with van der Waals surface area (Å²) < 4.78 is 13.3. The van der Waals surface area contributed by atoms with Crippen molar-refractivity contribution in [3.8, 4) is 0 Å². The Balaban J connectivity index is 1.46. The maximum Gasteiger partial charge on any atom is 0.123 e. The van der Waals surface area contributed by atoms with E-state index in [2.05, 4.69) is 10.2 Å². The van der Waals surface area contributed by atoms with Crippen molar-refractivity contribution >= 4 is 11.6 Å². The van der Waals surface area contributed by atoms with Gasteiger partial charge in [-0.1, -0.05) is 11.6 Å². The third-order valence-electron chi connectivity index (χ3n) is 4.38. The fourth-order valence-electron chi connectivity index (χ4n) is 2.87. The molecule has 0 atom stereocenters. The lowest BCUT2D eigenvalue weighted by molar-refractivity contribution is 0.175. The number of piperidine rings is 1. The van der Waals surface area contributed by atoms with Gasteiger partial charge in [0.2, 0.25) is 0 Å². The van der Waals surface area contributed by atoms with E-state index in [-0.39, 0.29) is 5.82 Å². The van der Waals surface area contributed by atoms with E-state index in [4.69, 9.17) is 11.6 Å². The van der Waals surface area contributed by atoms with Gasteiger partial charge in [-0.25, -0.2) is 4.39 Å². The average molecular weight is 297 g/mol. The van der Waals surface area contributed by atoms with Gasteiger partial charge in [-0.2, -0.15) is 0 Å². The molecule has 1 aromatic carbocycles. The first-order valence-electron chi connectivity index (χ1n) is 7.60. The molecule has 0 aromatic heterocycles. The summed E-state index contributed by atoms with van der Waals surface area (Å²) in [4.78, 5) is 2.38. The molecule has 0 unspecified atom stereocenters. The van der Waals surface area contributed by atoms with Crippen LogP contribution in [0.3, 0.4) is 0 Å². The molecule has 2 fully saturated rings. The van der Waals surface area contributed by atoms with Crippen molar-refractivity contribution in [1.82, 2.24) is 10.2 Å². The molecule has 1 saturated carbocycles. The van der Waals surface area contributed by atoms with Crippen molar-refractivity contribution in [2.75, 3.05) is 19.6 Å². The van der Waals surface area contributed by atoms with Crippen LogP contribution in [-0.4, -0.2) is 30.6 Å². The number of halogens is 2. The number of rotatable bonds is 5. The summed E-state index contributed by atoms with van der Waals surface area (Å²) in [5.41, 5.74) is 0.904. The fourth-order valence-corrected chi connectivity index (χ4v) is 3.05. The Kier molecular flexibility index (Phi) is 4.59. The third kappa shape index (κ3) is 3.94. The second kappa shape index (κ2) is 6.42. The van der Waals surface area contributed by atoms with E-state index < -0.39 is 0 Å². The molecule has 0 amide bonds. The molecule has 0 radical (unpaired) electrons. The second-order valence-electron chi connectivity index (χ2n) is 6.14. The number of nitrogens with zero attached hydrogens (tertiary/aromatic N) is 1. The number of hydrogen-bond acceptors (Lipinski definition) is 2.